The SMILES string of the molecule is Cc1ccc(C=CCC(=O)Nc2ccccc2N2C(=O)CCC2=O)cc1. The first-order valence-corrected chi connectivity index (χ1v) is 8.52. The summed E-state index contributed by atoms with van der Waals surface area (Å²) >= 11 is 0. The third-order valence-corrected chi connectivity index (χ3v) is 4.16. The van der Waals surface area contributed by atoms with Gasteiger partial charge in [0, 0.05) is 19.3 Å². The molecule has 1 heterocycles. The molecule has 0 unspecified atom stereocenters. The number of carbonyl (C=O) groups excluding carboxylic acids is 3. The Labute approximate surface area is 152 Å². The molecule has 0 spiro atoms. The number of nitrogens with one attached hydrogen (secondary N) is 1. The lowest BCUT2D eigenvalue weighted by molar-refractivity contribution is -0.121. The van der Waals surface area contributed by atoms with Gasteiger partial charge in [-0.3, -0.25) is 14.4 Å². The molecular weight excluding hydrogens is 328 g/mol. The van der Waals surface area contributed by atoms with Crippen molar-refractivity contribution >= 4 is 35.2 Å². The van der Waals surface area contributed by atoms with E-state index < -0.39 is 0 Å². The van der Waals surface area contributed by atoms with Crippen LogP contribution in [0.2, 0.25) is 0 Å². The summed E-state index contributed by atoms with van der Waals surface area (Å²) in [6, 6.07) is 14.9. The van der Waals surface area contributed by atoms with Crippen molar-refractivity contribution in [2.45, 2.75) is 26.2 Å². The number of hydrogen-bond acceptors (Lipinski definition) is 3. The molecule has 1 fully saturated rings. The average molecular weight is 348 g/mol. The predicted octanol–water partition coefficient (Wildman–Crippen LogP) is 3.69. The molecular formula is C21H20N2O3. The molecule has 2 aromatic carbocycles. The standard InChI is InChI=1S/C21H20N2O3/c1-15-9-11-16(12-10-15)5-4-8-19(24)22-17-6-2-3-7-18(17)23-20(25)13-14-21(23)26/h2-7,9-12H,8,13-14H2,1H3,(H,22,24). The highest BCUT2D eigenvalue weighted by Crippen LogP contribution is 2.30. The zero-order valence-corrected chi connectivity index (χ0v) is 14.6. The van der Waals surface area contributed by atoms with E-state index in [1.54, 1.807) is 30.3 Å². The minimum absolute atomic E-state index is 0.199. The van der Waals surface area contributed by atoms with Crippen molar-refractivity contribution in [3.63, 3.8) is 0 Å². The second-order valence-electron chi connectivity index (χ2n) is 6.21. The lowest BCUT2D eigenvalue weighted by atomic mass is 10.1. The minimum Gasteiger partial charge on any atom is -0.324 e. The van der Waals surface area contributed by atoms with E-state index in [2.05, 4.69) is 5.32 Å². The number of hydrogen-bond donors (Lipinski definition) is 1. The number of para-hydroxylation sites is 2. The van der Waals surface area contributed by atoms with E-state index in [-0.39, 0.29) is 37.0 Å². The molecule has 26 heavy (non-hydrogen) atoms. The van der Waals surface area contributed by atoms with Crippen LogP contribution in [0.1, 0.15) is 30.4 Å². The Kier molecular flexibility index (Phi) is 5.27. The van der Waals surface area contributed by atoms with Crippen LogP contribution >= 0.6 is 0 Å². The van der Waals surface area contributed by atoms with Gasteiger partial charge in [0.1, 0.15) is 0 Å². The summed E-state index contributed by atoms with van der Waals surface area (Å²) in [5.41, 5.74) is 3.10. The molecule has 132 valence electrons. The Morgan fingerprint density at radius 1 is 1.04 bits per heavy atom. The van der Waals surface area contributed by atoms with Crippen LogP contribution in [0.5, 0.6) is 0 Å². The lowest BCUT2D eigenvalue weighted by Gasteiger charge is -2.18. The summed E-state index contributed by atoms with van der Waals surface area (Å²) in [6.45, 7) is 2.02. The highest BCUT2D eigenvalue weighted by Gasteiger charge is 2.31. The van der Waals surface area contributed by atoms with Gasteiger partial charge < -0.3 is 5.32 Å². The summed E-state index contributed by atoms with van der Waals surface area (Å²) in [6.07, 6.45) is 4.29. The fourth-order valence-corrected chi connectivity index (χ4v) is 2.80. The third kappa shape index (κ3) is 4.06. The molecule has 0 bridgehead atoms. The molecule has 1 aliphatic rings. The molecule has 3 rings (SSSR count). The van der Waals surface area contributed by atoms with E-state index in [9.17, 15) is 14.4 Å². The summed E-state index contributed by atoms with van der Waals surface area (Å²) in [5.74, 6) is -0.688. The third-order valence-electron chi connectivity index (χ3n) is 4.16. The summed E-state index contributed by atoms with van der Waals surface area (Å²) in [4.78, 5) is 37.3. The Morgan fingerprint density at radius 2 is 1.69 bits per heavy atom. The number of carbonyl (C=O) groups is 3. The van der Waals surface area contributed by atoms with Crippen LogP contribution in [0.15, 0.2) is 54.6 Å². The number of amides is 3. The van der Waals surface area contributed by atoms with Crippen molar-refractivity contribution < 1.29 is 14.4 Å². The van der Waals surface area contributed by atoms with Crippen LogP contribution < -0.4 is 10.2 Å². The van der Waals surface area contributed by atoms with Crippen LogP contribution in [0, 0.1) is 6.92 Å². The second-order valence-corrected chi connectivity index (χ2v) is 6.21. The molecule has 1 N–H and O–H groups in total. The Morgan fingerprint density at radius 3 is 2.38 bits per heavy atom. The monoisotopic (exact) mass is 348 g/mol. The summed E-state index contributed by atoms with van der Waals surface area (Å²) in [7, 11) is 0. The van der Waals surface area contributed by atoms with Gasteiger partial charge in [0.25, 0.3) is 0 Å². The molecule has 3 amide bonds. The van der Waals surface area contributed by atoms with Crippen LogP contribution in [0.25, 0.3) is 6.08 Å². The molecule has 0 saturated carbocycles. The number of nitrogens with zero attached hydrogens (tertiary/aromatic N) is 1. The maximum atomic E-state index is 12.2. The minimum atomic E-state index is -0.240. The highest BCUT2D eigenvalue weighted by atomic mass is 16.2. The maximum absolute atomic E-state index is 12.2. The number of anilines is 2. The molecule has 1 aliphatic heterocycles. The van der Waals surface area contributed by atoms with E-state index >= 15 is 0 Å². The normalized spacial score (nSPS) is 14.3. The maximum Gasteiger partial charge on any atom is 0.234 e. The van der Waals surface area contributed by atoms with Gasteiger partial charge in [-0.25, -0.2) is 4.90 Å². The largest absolute Gasteiger partial charge is 0.324 e. The molecule has 0 aliphatic carbocycles. The van der Waals surface area contributed by atoms with Gasteiger partial charge in [-0.05, 0) is 24.6 Å². The van der Waals surface area contributed by atoms with Crippen molar-refractivity contribution in [3.8, 4) is 0 Å². The van der Waals surface area contributed by atoms with Gasteiger partial charge >= 0.3 is 0 Å². The van der Waals surface area contributed by atoms with Crippen LogP contribution in [-0.4, -0.2) is 17.7 Å². The van der Waals surface area contributed by atoms with Crippen molar-refractivity contribution in [2.75, 3.05) is 10.2 Å². The fraction of sp³-hybridized carbons (Fsp3) is 0.190. The molecule has 2 aromatic rings. The molecule has 0 aromatic heterocycles. The lowest BCUT2D eigenvalue weighted by Crippen LogP contribution is -2.29. The van der Waals surface area contributed by atoms with E-state index in [0.717, 1.165) is 10.5 Å². The molecule has 5 nitrogen and oxygen atoms in total. The van der Waals surface area contributed by atoms with Crippen LogP contribution in [0.3, 0.4) is 0 Å². The fourth-order valence-electron chi connectivity index (χ4n) is 2.80. The van der Waals surface area contributed by atoms with Crippen LogP contribution in [0.4, 0.5) is 11.4 Å². The first-order chi connectivity index (χ1) is 12.5. The molecule has 0 atom stereocenters. The summed E-state index contributed by atoms with van der Waals surface area (Å²) < 4.78 is 0. The highest BCUT2D eigenvalue weighted by molar-refractivity contribution is 6.21. The molecule has 5 heteroatoms. The first-order valence-electron chi connectivity index (χ1n) is 8.52. The molecule has 0 radical (unpaired) electrons. The zero-order valence-electron chi connectivity index (χ0n) is 14.6. The zero-order chi connectivity index (χ0) is 18.5. The quantitative estimate of drug-likeness (QED) is 0.838. The first kappa shape index (κ1) is 17.6. The topological polar surface area (TPSA) is 66.5 Å². The molecule has 1 saturated heterocycles. The van der Waals surface area contributed by atoms with E-state index in [4.69, 9.17) is 0 Å². The Bertz CT molecular complexity index is 853. The average Bonchev–Trinajstić information content (AvgIpc) is 2.96. The van der Waals surface area contributed by atoms with Gasteiger partial charge in [-0.1, -0.05) is 54.1 Å². The number of rotatable bonds is 5. The van der Waals surface area contributed by atoms with Crippen molar-refractivity contribution in [2.24, 2.45) is 0 Å². The predicted molar refractivity (Wildman–Crippen MR) is 102 cm³/mol. The van der Waals surface area contributed by atoms with E-state index in [1.165, 1.54) is 5.56 Å². The summed E-state index contributed by atoms with van der Waals surface area (Å²) in [5, 5.41) is 2.79. The van der Waals surface area contributed by atoms with Crippen molar-refractivity contribution in [1.82, 2.24) is 0 Å². The van der Waals surface area contributed by atoms with Gasteiger partial charge in [-0.15, -0.1) is 0 Å². The van der Waals surface area contributed by atoms with Crippen molar-refractivity contribution in [3.05, 3.63) is 65.7 Å². The van der Waals surface area contributed by atoms with Gasteiger partial charge in [0.2, 0.25) is 17.7 Å². The van der Waals surface area contributed by atoms with Gasteiger partial charge in [-0.2, -0.15) is 0 Å². The number of imide groups is 1. The van der Waals surface area contributed by atoms with Gasteiger partial charge in [0.05, 0.1) is 11.4 Å². The van der Waals surface area contributed by atoms with E-state index in [1.807, 2.05) is 37.3 Å². The smallest absolute Gasteiger partial charge is 0.234 e. The van der Waals surface area contributed by atoms with Gasteiger partial charge in [0.15, 0.2) is 0 Å². The Hall–Kier alpha value is -3.21. The Balaban J connectivity index is 1.67. The van der Waals surface area contributed by atoms with Crippen molar-refractivity contribution in [1.29, 1.82) is 0 Å². The number of benzene rings is 2. The number of aryl methyl sites for hydroxylation is 1. The van der Waals surface area contributed by atoms with E-state index in [0.29, 0.717) is 11.4 Å². The van der Waals surface area contributed by atoms with Crippen LogP contribution in [-0.2, 0) is 14.4 Å². The second kappa shape index (κ2) is 7.78.